The maximum absolute atomic E-state index is 11.9. The lowest BCUT2D eigenvalue weighted by molar-refractivity contribution is -0.130. The molecule has 0 aliphatic carbocycles. The van der Waals surface area contributed by atoms with Crippen molar-refractivity contribution in [2.45, 2.75) is 32.1 Å². The molecule has 7 nitrogen and oxygen atoms in total. The number of nitrogens with one attached hydrogen (secondary N) is 1. The Morgan fingerprint density at radius 2 is 2.00 bits per heavy atom. The smallest absolute Gasteiger partial charge is 0.222 e. The van der Waals surface area contributed by atoms with Crippen molar-refractivity contribution in [3.63, 3.8) is 0 Å². The lowest BCUT2D eigenvalue weighted by Crippen LogP contribution is -2.31. The van der Waals surface area contributed by atoms with E-state index in [0.29, 0.717) is 30.4 Å². The van der Waals surface area contributed by atoms with Gasteiger partial charge in [0.15, 0.2) is 17.5 Å². The van der Waals surface area contributed by atoms with E-state index in [0.717, 1.165) is 44.5 Å². The summed E-state index contributed by atoms with van der Waals surface area (Å²) in [5.41, 5.74) is 6.70. The molecular weight excluding hydrogens is 447 g/mol. The van der Waals surface area contributed by atoms with E-state index < -0.39 is 0 Å². The first-order chi connectivity index (χ1) is 12.1. The highest BCUT2D eigenvalue weighted by atomic mass is 127. The van der Waals surface area contributed by atoms with Crippen molar-refractivity contribution in [2.75, 3.05) is 39.2 Å². The summed E-state index contributed by atoms with van der Waals surface area (Å²) in [5, 5.41) is 3.04. The largest absolute Gasteiger partial charge is 0.493 e. The van der Waals surface area contributed by atoms with Crippen LogP contribution in [0, 0.1) is 0 Å². The van der Waals surface area contributed by atoms with Crippen LogP contribution in [0.15, 0.2) is 23.2 Å². The van der Waals surface area contributed by atoms with E-state index in [2.05, 4.69) is 10.3 Å². The molecular formula is C18H29IN4O3. The van der Waals surface area contributed by atoms with Crippen LogP contribution < -0.4 is 20.5 Å². The highest BCUT2D eigenvalue weighted by molar-refractivity contribution is 14.0. The summed E-state index contributed by atoms with van der Waals surface area (Å²) >= 11 is 0. The molecule has 2 rings (SSSR count). The highest BCUT2D eigenvalue weighted by Crippen LogP contribution is 2.29. The van der Waals surface area contributed by atoms with Crippen molar-refractivity contribution in [3.05, 3.63) is 18.2 Å². The fourth-order valence-corrected chi connectivity index (χ4v) is 2.84. The normalized spacial score (nSPS) is 15.1. The summed E-state index contributed by atoms with van der Waals surface area (Å²) in [4.78, 5) is 18.2. The van der Waals surface area contributed by atoms with Gasteiger partial charge in [0.1, 0.15) is 0 Å². The zero-order valence-electron chi connectivity index (χ0n) is 15.5. The van der Waals surface area contributed by atoms with E-state index in [-0.39, 0.29) is 29.9 Å². The van der Waals surface area contributed by atoms with Crippen LogP contribution in [-0.4, -0.2) is 50.6 Å². The maximum Gasteiger partial charge on any atom is 0.222 e. The zero-order chi connectivity index (χ0) is 18.1. The monoisotopic (exact) mass is 476 g/mol. The third kappa shape index (κ3) is 6.89. The molecule has 0 spiro atoms. The maximum atomic E-state index is 11.9. The topological polar surface area (TPSA) is 89.2 Å². The summed E-state index contributed by atoms with van der Waals surface area (Å²) in [6.45, 7) is 2.18. The van der Waals surface area contributed by atoms with Crippen molar-refractivity contribution in [1.29, 1.82) is 0 Å². The molecule has 146 valence electrons. The molecule has 1 aromatic carbocycles. The second-order valence-electron chi connectivity index (χ2n) is 6.01. The number of anilines is 1. The molecule has 1 amide bonds. The molecule has 1 aliphatic heterocycles. The highest BCUT2D eigenvalue weighted by Gasteiger charge is 2.15. The Labute approximate surface area is 172 Å². The Morgan fingerprint density at radius 1 is 1.23 bits per heavy atom. The van der Waals surface area contributed by atoms with Gasteiger partial charge in [0.2, 0.25) is 5.91 Å². The molecule has 0 bridgehead atoms. The molecule has 0 aromatic heterocycles. The van der Waals surface area contributed by atoms with Gasteiger partial charge in [0.25, 0.3) is 0 Å². The number of carbonyl (C=O) groups excluding carboxylic acids is 1. The molecule has 1 saturated heterocycles. The molecule has 0 saturated carbocycles. The number of nitrogens with two attached hydrogens (primary N) is 1. The van der Waals surface area contributed by atoms with Crippen LogP contribution in [0.5, 0.6) is 11.5 Å². The van der Waals surface area contributed by atoms with Crippen molar-refractivity contribution in [3.8, 4) is 11.5 Å². The average molecular weight is 476 g/mol. The average Bonchev–Trinajstić information content (AvgIpc) is 2.83. The summed E-state index contributed by atoms with van der Waals surface area (Å²) in [7, 11) is 3.18. The SMILES string of the molecule is COc1ccc(NC(N)=NCCCN2CCCCCC2=O)cc1OC.I. The standard InChI is InChI=1S/C18H28N4O3.HI/c1-24-15-9-8-14(13-16(15)25-2)21-18(19)20-10-6-12-22-11-5-3-4-7-17(22)23;/h8-9,13H,3-7,10-12H2,1-2H3,(H3,19,20,21);1H. The van der Waals surface area contributed by atoms with Gasteiger partial charge in [-0.25, -0.2) is 0 Å². The summed E-state index contributed by atoms with van der Waals surface area (Å²) < 4.78 is 10.5. The van der Waals surface area contributed by atoms with Crippen molar-refractivity contribution in [1.82, 2.24) is 4.90 Å². The third-order valence-corrected chi connectivity index (χ3v) is 4.20. The summed E-state index contributed by atoms with van der Waals surface area (Å²) in [6.07, 6.45) is 4.72. The molecule has 1 aromatic rings. The number of nitrogens with zero attached hydrogens (tertiary/aromatic N) is 2. The Hall–Kier alpha value is -1.71. The predicted molar refractivity (Wildman–Crippen MR) is 115 cm³/mol. The van der Waals surface area contributed by atoms with Crippen LogP contribution >= 0.6 is 24.0 Å². The van der Waals surface area contributed by atoms with Crippen LogP contribution in [0.2, 0.25) is 0 Å². The number of halogens is 1. The minimum absolute atomic E-state index is 0. The third-order valence-electron chi connectivity index (χ3n) is 4.20. The first kappa shape index (κ1) is 22.3. The molecule has 0 atom stereocenters. The molecule has 1 heterocycles. The number of carbonyl (C=O) groups is 1. The van der Waals surface area contributed by atoms with Crippen LogP contribution in [0.25, 0.3) is 0 Å². The number of likely N-dealkylation sites (tertiary alicyclic amines) is 1. The van der Waals surface area contributed by atoms with Gasteiger partial charge >= 0.3 is 0 Å². The fourth-order valence-electron chi connectivity index (χ4n) is 2.84. The molecule has 1 fully saturated rings. The number of hydrogen-bond acceptors (Lipinski definition) is 4. The first-order valence-corrected chi connectivity index (χ1v) is 8.71. The minimum atomic E-state index is 0. The van der Waals surface area contributed by atoms with Gasteiger partial charge in [-0.1, -0.05) is 6.42 Å². The first-order valence-electron chi connectivity index (χ1n) is 8.71. The zero-order valence-corrected chi connectivity index (χ0v) is 17.8. The number of ether oxygens (including phenoxy) is 2. The number of guanidine groups is 1. The number of amides is 1. The van der Waals surface area contributed by atoms with Gasteiger partial charge in [-0.2, -0.15) is 0 Å². The molecule has 26 heavy (non-hydrogen) atoms. The van der Waals surface area contributed by atoms with Gasteiger partial charge < -0.3 is 25.4 Å². The quantitative estimate of drug-likeness (QED) is 0.274. The molecule has 8 heteroatoms. The number of benzene rings is 1. The van der Waals surface area contributed by atoms with Gasteiger partial charge in [0.05, 0.1) is 14.2 Å². The van der Waals surface area contributed by atoms with E-state index in [1.165, 1.54) is 0 Å². The fraction of sp³-hybridized carbons (Fsp3) is 0.556. The van der Waals surface area contributed by atoms with Crippen LogP contribution in [0.3, 0.4) is 0 Å². The van der Waals surface area contributed by atoms with Gasteiger partial charge in [-0.05, 0) is 31.4 Å². The van der Waals surface area contributed by atoms with Crippen LogP contribution in [-0.2, 0) is 4.79 Å². The Balaban J connectivity index is 0.00000338. The van der Waals surface area contributed by atoms with Crippen molar-refractivity contribution in [2.24, 2.45) is 10.7 Å². The molecule has 1 aliphatic rings. The van der Waals surface area contributed by atoms with Gasteiger partial charge in [-0.15, -0.1) is 24.0 Å². The molecule has 3 N–H and O–H groups in total. The van der Waals surface area contributed by atoms with Crippen molar-refractivity contribution < 1.29 is 14.3 Å². The Morgan fingerprint density at radius 3 is 2.73 bits per heavy atom. The van der Waals surface area contributed by atoms with Crippen LogP contribution in [0.4, 0.5) is 5.69 Å². The lowest BCUT2D eigenvalue weighted by Gasteiger charge is -2.19. The summed E-state index contributed by atoms with van der Waals surface area (Å²) in [6, 6.07) is 5.45. The number of rotatable bonds is 7. The van der Waals surface area contributed by atoms with Gasteiger partial charge in [0, 0.05) is 37.8 Å². The van der Waals surface area contributed by atoms with E-state index in [1.807, 2.05) is 11.0 Å². The van der Waals surface area contributed by atoms with Crippen LogP contribution in [0.1, 0.15) is 32.1 Å². The van der Waals surface area contributed by atoms with E-state index in [1.54, 1.807) is 26.4 Å². The number of hydrogen-bond donors (Lipinski definition) is 2. The van der Waals surface area contributed by atoms with E-state index in [4.69, 9.17) is 15.2 Å². The lowest BCUT2D eigenvalue weighted by atomic mass is 10.2. The second-order valence-corrected chi connectivity index (χ2v) is 6.01. The Kier molecular flexibility index (Phi) is 10.2. The van der Waals surface area contributed by atoms with Crippen molar-refractivity contribution >= 4 is 41.5 Å². The van der Waals surface area contributed by atoms with E-state index >= 15 is 0 Å². The summed E-state index contributed by atoms with van der Waals surface area (Å²) in [5.74, 6) is 1.89. The second kappa shape index (κ2) is 11.8. The molecule has 0 unspecified atom stereocenters. The Bertz CT molecular complexity index is 610. The van der Waals surface area contributed by atoms with E-state index in [9.17, 15) is 4.79 Å². The number of methoxy groups -OCH3 is 2. The predicted octanol–water partition coefficient (Wildman–Crippen LogP) is 2.84. The minimum Gasteiger partial charge on any atom is -0.493 e. The van der Waals surface area contributed by atoms with Gasteiger partial charge in [-0.3, -0.25) is 9.79 Å². The molecule has 0 radical (unpaired) electrons. The number of aliphatic imine (C=N–C) groups is 1.